The van der Waals surface area contributed by atoms with E-state index >= 15 is 0 Å². The Morgan fingerprint density at radius 1 is 0.958 bits per heavy atom. The van der Waals surface area contributed by atoms with Gasteiger partial charge in [-0.3, -0.25) is 4.79 Å². The van der Waals surface area contributed by atoms with Crippen molar-refractivity contribution >= 4 is 50.1 Å². The van der Waals surface area contributed by atoms with E-state index in [0.29, 0.717) is 36.0 Å². The number of anilines is 1. The van der Waals surface area contributed by atoms with Crippen molar-refractivity contribution in [2.24, 2.45) is 5.92 Å². The second-order valence-electron chi connectivity index (χ2n) is 12.2. The van der Waals surface area contributed by atoms with Crippen LogP contribution in [0.15, 0.2) is 71.6 Å². The summed E-state index contributed by atoms with van der Waals surface area (Å²) in [7, 11) is -0.685. The largest absolute Gasteiger partial charge is 0.497 e. The van der Waals surface area contributed by atoms with Crippen LogP contribution in [0.3, 0.4) is 0 Å². The average Bonchev–Trinajstić information content (AvgIpc) is 3.10. The van der Waals surface area contributed by atoms with Gasteiger partial charge in [0.25, 0.3) is 5.91 Å². The molecule has 4 aromatic rings. The molecule has 0 spiro atoms. The molecule has 1 saturated heterocycles. The molecule has 0 bridgehead atoms. The molecule has 2 heterocycles. The lowest BCUT2D eigenvalue weighted by Gasteiger charge is -2.26. The van der Waals surface area contributed by atoms with Crippen LogP contribution in [-0.2, 0) is 26.0 Å². The van der Waals surface area contributed by atoms with E-state index in [1.165, 1.54) is 29.6 Å². The first-order valence-electron chi connectivity index (χ1n) is 16.1. The molecule has 1 aromatic heterocycles. The van der Waals surface area contributed by atoms with Gasteiger partial charge in [-0.2, -0.15) is 4.31 Å². The highest BCUT2D eigenvalue weighted by Gasteiger charge is 2.30. The van der Waals surface area contributed by atoms with Crippen LogP contribution < -0.4 is 14.8 Å². The number of nitrogens with one attached hydrogen (secondary N) is 1. The number of nitrogens with zero attached hydrogens (tertiary/aromatic N) is 2. The summed E-state index contributed by atoms with van der Waals surface area (Å²) in [6, 6.07) is 19.5. The number of pyridine rings is 1. The van der Waals surface area contributed by atoms with Crippen molar-refractivity contribution in [2.45, 2.75) is 43.9 Å². The summed E-state index contributed by atoms with van der Waals surface area (Å²) in [5.41, 5.74) is 4.75. The van der Waals surface area contributed by atoms with Gasteiger partial charge in [0.15, 0.2) is 6.61 Å². The molecule has 1 N–H and O–H groups in total. The Hall–Kier alpha value is -4.74. The van der Waals surface area contributed by atoms with E-state index in [0.717, 1.165) is 53.8 Å². The Morgan fingerprint density at radius 3 is 2.44 bits per heavy atom. The number of hydrogen-bond acceptors (Lipinski definition) is 8. The molecule has 48 heavy (non-hydrogen) atoms. The van der Waals surface area contributed by atoms with Gasteiger partial charge in [-0.25, -0.2) is 18.2 Å². The van der Waals surface area contributed by atoms with Gasteiger partial charge in [-0.1, -0.05) is 43.7 Å². The predicted octanol–water partition coefficient (Wildman–Crippen LogP) is 6.35. The molecule has 1 fully saturated rings. The number of methoxy groups -OCH3 is 2. The molecular formula is C37H39N3O7S. The summed E-state index contributed by atoms with van der Waals surface area (Å²) in [5, 5.41) is 3.33. The number of benzene rings is 3. The maximum Gasteiger partial charge on any atom is 0.339 e. The lowest BCUT2D eigenvalue weighted by atomic mass is 9.80. The van der Waals surface area contributed by atoms with Crippen LogP contribution >= 0.6 is 0 Å². The highest BCUT2D eigenvalue weighted by molar-refractivity contribution is 7.89. The fraction of sp³-hybridized carbons (Fsp3) is 0.324. The summed E-state index contributed by atoms with van der Waals surface area (Å²) in [6.45, 7) is 2.46. The molecule has 1 amide bonds. The Bertz CT molecular complexity index is 1980. The number of aromatic nitrogens is 1. The number of esters is 1. The standard InChI is InChI=1S/C37H39N3O7S/c1-24-19-26(21-25-11-13-27(45-2)14-12-25)36-30(20-24)35(29-9-5-6-10-31(29)39-36)37(42)47-23-34(41)38-32-22-28(15-16-33(32)46-3)48(43,44)40-17-7-4-8-18-40/h5-6,9-16,21-22,24H,4,7-8,17-20,23H2,1-3H3,(H,38,41)/b26-21+/t24-/m0/s1. The van der Waals surface area contributed by atoms with Crippen LogP contribution in [0, 0.1) is 5.92 Å². The lowest BCUT2D eigenvalue weighted by molar-refractivity contribution is -0.119. The van der Waals surface area contributed by atoms with Crippen LogP contribution in [0.4, 0.5) is 5.69 Å². The number of sulfonamides is 1. The van der Waals surface area contributed by atoms with Crippen molar-refractivity contribution in [1.82, 2.24) is 9.29 Å². The summed E-state index contributed by atoms with van der Waals surface area (Å²) in [4.78, 5) is 32.0. The van der Waals surface area contributed by atoms with Crippen molar-refractivity contribution in [3.05, 3.63) is 89.1 Å². The van der Waals surface area contributed by atoms with Crippen LogP contribution in [-0.4, -0.2) is 63.5 Å². The molecule has 3 aromatic carbocycles. The maximum atomic E-state index is 13.8. The highest BCUT2D eigenvalue weighted by atomic mass is 32.2. The number of para-hydroxylation sites is 1. The fourth-order valence-corrected chi connectivity index (χ4v) is 8.00. The average molecular weight is 670 g/mol. The van der Waals surface area contributed by atoms with E-state index in [2.05, 4.69) is 18.3 Å². The van der Waals surface area contributed by atoms with E-state index in [-0.39, 0.29) is 22.3 Å². The Labute approximate surface area is 280 Å². The van der Waals surface area contributed by atoms with Crippen molar-refractivity contribution in [3.8, 4) is 11.5 Å². The number of rotatable bonds is 9. The van der Waals surface area contributed by atoms with Gasteiger partial charge < -0.3 is 19.5 Å². The van der Waals surface area contributed by atoms with Crippen molar-refractivity contribution < 1.29 is 32.2 Å². The molecule has 11 heteroatoms. The lowest BCUT2D eigenvalue weighted by Crippen LogP contribution is -2.35. The van der Waals surface area contributed by atoms with E-state index in [1.54, 1.807) is 7.11 Å². The topological polar surface area (TPSA) is 124 Å². The molecule has 6 rings (SSSR count). The van der Waals surface area contributed by atoms with Gasteiger partial charge >= 0.3 is 5.97 Å². The second-order valence-corrected chi connectivity index (χ2v) is 14.2. The number of amides is 1. The van der Waals surface area contributed by atoms with Gasteiger partial charge in [-0.05, 0) is 90.8 Å². The van der Waals surface area contributed by atoms with Gasteiger partial charge in [0.1, 0.15) is 11.5 Å². The van der Waals surface area contributed by atoms with E-state index < -0.39 is 28.5 Å². The van der Waals surface area contributed by atoms with Crippen molar-refractivity contribution in [3.63, 3.8) is 0 Å². The smallest absolute Gasteiger partial charge is 0.339 e. The minimum absolute atomic E-state index is 0.0556. The van der Waals surface area contributed by atoms with Crippen LogP contribution in [0.1, 0.15) is 59.8 Å². The van der Waals surface area contributed by atoms with Crippen LogP contribution in [0.2, 0.25) is 0 Å². The first-order valence-corrected chi connectivity index (χ1v) is 17.5. The quantitative estimate of drug-likeness (QED) is 0.205. The Kier molecular flexibility index (Phi) is 9.79. The zero-order valence-electron chi connectivity index (χ0n) is 27.3. The third-order valence-electron chi connectivity index (χ3n) is 8.81. The van der Waals surface area contributed by atoms with Crippen LogP contribution in [0.25, 0.3) is 22.6 Å². The second kappa shape index (κ2) is 14.2. The fourth-order valence-electron chi connectivity index (χ4n) is 6.46. The number of carbonyl (C=O) groups excluding carboxylic acids is 2. The highest BCUT2D eigenvalue weighted by Crippen LogP contribution is 2.39. The van der Waals surface area contributed by atoms with Gasteiger partial charge in [0, 0.05) is 18.5 Å². The molecule has 1 atom stereocenters. The van der Waals surface area contributed by atoms with Gasteiger partial charge in [0.2, 0.25) is 10.0 Å². The van der Waals surface area contributed by atoms with Crippen molar-refractivity contribution in [1.29, 1.82) is 0 Å². The monoisotopic (exact) mass is 669 g/mol. The summed E-state index contributed by atoms with van der Waals surface area (Å²) in [5.74, 6) is 0.0231. The first kappa shape index (κ1) is 33.2. The summed E-state index contributed by atoms with van der Waals surface area (Å²) in [6.07, 6.45) is 6.10. The molecule has 2 aliphatic rings. The van der Waals surface area contributed by atoms with E-state index in [9.17, 15) is 18.0 Å². The Morgan fingerprint density at radius 2 is 1.71 bits per heavy atom. The maximum absolute atomic E-state index is 13.8. The summed E-state index contributed by atoms with van der Waals surface area (Å²) >= 11 is 0. The number of hydrogen-bond donors (Lipinski definition) is 1. The molecule has 0 unspecified atom stereocenters. The zero-order chi connectivity index (χ0) is 33.8. The van der Waals surface area contributed by atoms with E-state index in [4.69, 9.17) is 19.2 Å². The predicted molar refractivity (Wildman–Crippen MR) is 185 cm³/mol. The molecular weight excluding hydrogens is 630 g/mol. The molecule has 0 radical (unpaired) electrons. The third-order valence-corrected chi connectivity index (χ3v) is 10.7. The summed E-state index contributed by atoms with van der Waals surface area (Å²) < 4.78 is 44.4. The molecule has 0 saturated carbocycles. The van der Waals surface area contributed by atoms with Crippen LogP contribution in [0.5, 0.6) is 11.5 Å². The minimum atomic E-state index is -3.74. The molecule has 250 valence electrons. The van der Waals surface area contributed by atoms with Crippen molar-refractivity contribution in [2.75, 3.05) is 39.2 Å². The first-order chi connectivity index (χ1) is 23.2. The molecule has 1 aliphatic heterocycles. The minimum Gasteiger partial charge on any atom is -0.497 e. The normalized spacial score (nSPS) is 17.5. The number of carbonyl (C=O) groups is 2. The molecule has 1 aliphatic carbocycles. The zero-order valence-corrected chi connectivity index (χ0v) is 28.1. The third kappa shape index (κ3) is 6.93. The van der Waals surface area contributed by atoms with Gasteiger partial charge in [-0.15, -0.1) is 0 Å². The number of ether oxygens (including phenoxy) is 3. The number of piperidine rings is 1. The van der Waals surface area contributed by atoms with E-state index in [1.807, 2.05) is 48.5 Å². The molecule has 10 nitrogen and oxygen atoms in total. The Balaban J connectivity index is 1.26. The number of allylic oxidation sites excluding steroid dienone is 1. The SMILES string of the molecule is COc1ccc(/C=C2\C[C@H](C)Cc3c2nc2ccccc2c3C(=O)OCC(=O)Nc2cc(S(=O)(=O)N3CCCCC3)ccc2OC)cc1. The number of fused-ring (bicyclic) bond motifs is 2. The van der Waals surface area contributed by atoms with Gasteiger partial charge in [0.05, 0.1) is 41.6 Å².